The normalized spacial score (nSPS) is 14.7. The van der Waals surface area contributed by atoms with E-state index in [1.807, 2.05) is 0 Å². The second kappa shape index (κ2) is 8.92. The van der Waals surface area contributed by atoms with Gasteiger partial charge in [-0.15, -0.1) is 0 Å². The molecule has 0 bridgehead atoms. The zero-order valence-corrected chi connectivity index (χ0v) is 9.37. The number of carbonyl (C=O) groups is 2. The first-order valence-electron chi connectivity index (χ1n) is 5.67. The zero-order valence-electron chi connectivity index (χ0n) is 9.37. The van der Waals surface area contributed by atoms with Gasteiger partial charge in [-0.2, -0.15) is 0 Å². The molecule has 82 valence electrons. The van der Waals surface area contributed by atoms with Crippen molar-refractivity contribution in [2.45, 2.75) is 52.4 Å². The van der Waals surface area contributed by atoms with Crippen LogP contribution in [-0.2, 0) is 9.59 Å². The highest BCUT2D eigenvalue weighted by atomic mass is 16.1. The van der Waals surface area contributed by atoms with Crippen LogP contribution in [0.2, 0.25) is 0 Å². The van der Waals surface area contributed by atoms with Gasteiger partial charge in [-0.25, -0.2) is 0 Å². The fraction of sp³-hybridized carbons (Fsp3) is 0.833. The van der Waals surface area contributed by atoms with Crippen molar-refractivity contribution in [3.63, 3.8) is 0 Å². The lowest BCUT2D eigenvalue weighted by atomic mass is 9.88. The average molecular weight is 198 g/mol. The minimum absolute atomic E-state index is 0.0469. The Bertz CT molecular complexity index is 154. The highest BCUT2D eigenvalue weighted by Crippen LogP contribution is 2.21. The van der Waals surface area contributed by atoms with E-state index in [1.165, 1.54) is 19.3 Å². The van der Waals surface area contributed by atoms with Crippen LogP contribution in [0.3, 0.4) is 0 Å². The summed E-state index contributed by atoms with van der Waals surface area (Å²) in [5.74, 6) is 0.569. The van der Waals surface area contributed by atoms with Crippen molar-refractivity contribution in [2.75, 3.05) is 0 Å². The highest BCUT2D eigenvalue weighted by Gasteiger charge is 2.13. The van der Waals surface area contributed by atoms with E-state index in [9.17, 15) is 9.59 Å². The number of unbranched alkanes of at least 4 members (excludes halogenated alkanes) is 1. The van der Waals surface area contributed by atoms with Crippen LogP contribution in [0.1, 0.15) is 52.4 Å². The summed E-state index contributed by atoms with van der Waals surface area (Å²) in [7, 11) is 0. The molecule has 0 aliphatic heterocycles. The van der Waals surface area contributed by atoms with Gasteiger partial charge in [0.1, 0.15) is 12.6 Å². The Kier molecular flexibility index (Phi) is 8.50. The van der Waals surface area contributed by atoms with Gasteiger partial charge in [0, 0.05) is 12.3 Å². The molecule has 0 heterocycles. The first-order chi connectivity index (χ1) is 6.78. The van der Waals surface area contributed by atoms with E-state index in [2.05, 4.69) is 13.8 Å². The molecule has 0 spiro atoms. The maximum atomic E-state index is 10.7. The van der Waals surface area contributed by atoms with Crippen LogP contribution in [0.15, 0.2) is 0 Å². The molecule has 0 aromatic rings. The second-order valence-electron chi connectivity index (χ2n) is 3.95. The number of hydrogen-bond acceptors (Lipinski definition) is 2. The van der Waals surface area contributed by atoms with Gasteiger partial charge in [0.05, 0.1) is 0 Å². The van der Waals surface area contributed by atoms with E-state index < -0.39 is 0 Å². The van der Waals surface area contributed by atoms with E-state index in [0.29, 0.717) is 12.3 Å². The Morgan fingerprint density at radius 1 is 1.21 bits per heavy atom. The summed E-state index contributed by atoms with van der Waals surface area (Å²) in [5, 5.41) is 0. The summed E-state index contributed by atoms with van der Waals surface area (Å²) in [6.07, 6.45) is 7.81. The van der Waals surface area contributed by atoms with Crippen LogP contribution in [0.5, 0.6) is 0 Å². The first-order valence-corrected chi connectivity index (χ1v) is 5.67. The van der Waals surface area contributed by atoms with Crippen LogP contribution < -0.4 is 0 Å². The van der Waals surface area contributed by atoms with Crippen molar-refractivity contribution in [1.29, 1.82) is 0 Å². The maximum absolute atomic E-state index is 10.7. The molecule has 0 rings (SSSR count). The molecule has 0 N–H and O–H groups in total. The van der Waals surface area contributed by atoms with Crippen molar-refractivity contribution >= 4 is 12.6 Å². The summed E-state index contributed by atoms with van der Waals surface area (Å²) < 4.78 is 0. The molecule has 0 aromatic carbocycles. The maximum Gasteiger partial charge on any atom is 0.123 e. The van der Waals surface area contributed by atoms with E-state index in [0.717, 1.165) is 25.4 Å². The Labute approximate surface area is 87.1 Å². The standard InChI is InChI=1S/C12H22O2/c1-3-5-6-11(4-2)9-12(10-14)7-8-13/h8,10-12H,3-7,9H2,1-2H3. The monoisotopic (exact) mass is 198 g/mol. The Morgan fingerprint density at radius 2 is 1.93 bits per heavy atom. The van der Waals surface area contributed by atoms with Crippen LogP contribution in [0.4, 0.5) is 0 Å². The Balaban J connectivity index is 3.86. The third kappa shape index (κ3) is 5.90. The molecule has 0 saturated heterocycles. The van der Waals surface area contributed by atoms with Crippen molar-refractivity contribution in [1.82, 2.24) is 0 Å². The second-order valence-corrected chi connectivity index (χ2v) is 3.95. The fourth-order valence-electron chi connectivity index (χ4n) is 1.74. The predicted octanol–water partition coefficient (Wildman–Crippen LogP) is 3.00. The van der Waals surface area contributed by atoms with E-state index in [4.69, 9.17) is 0 Å². The van der Waals surface area contributed by atoms with Crippen LogP contribution in [-0.4, -0.2) is 12.6 Å². The minimum Gasteiger partial charge on any atom is -0.303 e. The molecule has 0 fully saturated rings. The number of rotatable bonds is 9. The van der Waals surface area contributed by atoms with Gasteiger partial charge in [-0.1, -0.05) is 39.5 Å². The molecule has 0 aliphatic carbocycles. The lowest BCUT2D eigenvalue weighted by Crippen LogP contribution is -2.10. The molecule has 2 heteroatoms. The summed E-state index contributed by atoms with van der Waals surface area (Å²) >= 11 is 0. The lowest BCUT2D eigenvalue weighted by Gasteiger charge is -2.16. The van der Waals surface area contributed by atoms with Crippen LogP contribution in [0.25, 0.3) is 0 Å². The molecule has 0 amide bonds. The molecule has 14 heavy (non-hydrogen) atoms. The Hall–Kier alpha value is -0.660. The summed E-state index contributed by atoms with van der Waals surface area (Å²) in [6, 6.07) is 0. The topological polar surface area (TPSA) is 34.1 Å². The Morgan fingerprint density at radius 3 is 2.36 bits per heavy atom. The average Bonchev–Trinajstić information content (AvgIpc) is 2.22. The van der Waals surface area contributed by atoms with E-state index in [1.54, 1.807) is 0 Å². The highest BCUT2D eigenvalue weighted by molar-refractivity contribution is 5.61. The van der Waals surface area contributed by atoms with Crippen molar-refractivity contribution in [3.05, 3.63) is 0 Å². The van der Waals surface area contributed by atoms with Gasteiger partial charge in [0.25, 0.3) is 0 Å². The summed E-state index contributed by atoms with van der Waals surface area (Å²) in [6.45, 7) is 4.33. The third-order valence-electron chi connectivity index (χ3n) is 2.77. The third-order valence-corrected chi connectivity index (χ3v) is 2.77. The predicted molar refractivity (Wildman–Crippen MR) is 58.2 cm³/mol. The molecule has 2 unspecified atom stereocenters. The molecule has 0 aromatic heterocycles. The van der Waals surface area contributed by atoms with Crippen LogP contribution >= 0.6 is 0 Å². The first kappa shape index (κ1) is 13.3. The quantitative estimate of drug-likeness (QED) is 0.534. The SMILES string of the molecule is CCCCC(CC)CC(C=O)CC=O. The summed E-state index contributed by atoms with van der Waals surface area (Å²) in [4.78, 5) is 21.0. The van der Waals surface area contributed by atoms with Crippen molar-refractivity contribution in [3.8, 4) is 0 Å². The van der Waals surface area contributed by atoms with Gasteiger partial charge in [-0.3, -0.25) is 0 Å². The van der Waals surface area contributed by atoms with Gasteiger partial charge in [0.15, 0.2) is 0 Å². The largest absolute Gasteiger partial charge is 0.303 e. The van der Waals surface area contributed by atoms with Crippen molar-refractivity contribution < 1.29 is 9.59 Å². The van der Waals surface area contributed by atoms with Gasteiger partial charge in [-0.05, 0) is 12.3 Å². The molecular weight excluding hydrogens is 176 g/mol. The number of hydrogen-bond donors (Lipinski definition) is 0. The number of carbonyl (C=O) groups excluding carboxylic acids is 2. The minimum atomic E-state index is -0.0469. The van der Waals surface area contributed by atoms with E-state index in [-0.39, 0.29) is 5.92 Å². The summed E-state index contributed by atoms with van der Waals surface area (Å²) in [5.41, 5.74) is 0. The van der Waals surface area contributed by atoms with Crippen molar-refractivity contribution in [2.24, 2.45) is 11.8 Å². The molecule has 0 saturated carbocycles. The smallest absolute Gasteiger partial charge is 0.123 e. The molecule has 2 atom stereocenters. The van der Waals surface area contributed by atoms with Crippen LogP contribution in [0, 0.1) is 11.8 Å². The lowest BCUT2D eigenvalue weighted by molar-refractivity contribution is -0.116. The zero-order chi connectivity index (χ0) is 10.8. The van der Waals surface area contributed by atoms with Gasteiger partial charge in [0.2, 0.25) is 0 Å². The van der Waals surface area contributed by atoms with Gasteiger partial charge < -0.3 is 9.59 Å². The fourth-order valence-corrected chi connectivity index (χ4v) is 1.74. The van der Waals surface area contributed by atoms with Gasteiger partial charge >= 0.3 is 0 Å². The van der Waals surface area contributed by atoms with E-state index >= 15 is 0 Å². The molecule has 0 radical (unpaired) electrons. The molecular formula is C12H22O2. The molecule has 0 aliphatic rings. The number of aldehydes is 2. The molecule has 2 nitrogen and oxygen atoms in total.